The van der Waals surface area contributed by atoms with Crippen molar-refractivity contribution in [3.63, 3.8) is 0 Å². The molecule has 0 aliphatic heterocycles. The van der Waals surface area contributed by atoms with Crippen molar-refractivity contribution in [2.24, 2.45) is 4.99 Å². The van der Waals surface area contributed by atoms with Crippen molar-refractivity contribution in [1.29, 1.82) is 0 Å². The van der Waals surface area contributed by atoms with E-state index in [0.29, 0.717) is 11.6 Å². The van der Waals surface area contributed by atoms with E-state index in [1.807, 2.05) is 0 Å². The van der Waals surface area contributed by atoms with Crippen LogP contribution in [-0.2, 0) is 16.2 Å². The summed E-state index contributed by atoms with van der Waals surface area (Å²) in [6.07, 6.45) is -2.48. The quantitative estimate of drug-likeness (QED) is 0.215. The number of nitrogens with zero attached hydrogens (tertiary/aromatic N) is 2. The summed E-state index contributed by atoms with van der Waals surface area (Å²) in [5.41, 5.74) is -1.96. The number of hydrogen-bond acceptors (Lipinski definition) is 6. The maximum atomic E-state index is 13.3. The lowest BCUT2D eigenvalue weighted by Crippen LogP contribution is -2.22. The van der Waals surface area contributed by atoms with Crippen molar-refractivity contribution >= 4 is 50.4 Å². The van der Waals surface area contributed by atoms with Crippen LogP contribution in [0.2, 0.25) is 10.0 Å². The van der Waals surface area contributed by atoms with E-state index in [4.69, 9.17) is 23.2 Å². The maximum absolute atomic E-state index is 13.3. The van der Waals surface area contributed by atoms with Gasteiger partial charge in [-0.2, -0.15) is 13.2 Å². The minimum absolute atomic E-state index is 0.0134. The van der Waals surface area contributed by atoms with Gasteiger partial charge in [-0.05, 0) is 36.8 Å². The summed E-state index contributed by atoms with van der Waals surface area (Å²) < 4.78 is 67.4. The SMILES string of the molecule is C=C/C(C)=C(/C(=O)c1ncc(Cl)cc1NS(=O)(=O)c1ccc(Cl)c(C(F)(F)F)c1)C(CO)=NC. The van der Waals surface area contributed by atoms with E-state index < -0.39 is 55.5 Å². The first-order valence-electron chi connectivity index (χ1n) is 9.26. The van der Waals surface area contributed by atoms with Gasteiger partial charge in [0.25, 0.3) is 10.0 Å². The molecule has 7 nitrogen and oxygen atoms in total. The van der Waals surface area contributed by atoms with Crippen molar-refractivity contribution < 1.29 is 31.5 Å². The Morgan fingerprint density at radius 1 is 1.29 bits per heavy atom. The largest absolute Gasteiger partial charge is 0.417 e. The fourth-order valence-corrected chi connectivity index (χ4v) is 4.28. The van der Waals surface area contributed by atoms with Gasteiger partial charge in [0.05, 0.1) is 44.1 Å². The molecule has 0 saturated carbocycles. The lowest BCUT2D eigenvalue weighted by Gasteiger charge is -2.16. The van der Waals surface area contributed by atoms with E-state index in [1.54, 1.807) is 0 Å². The van der Waals surface area contributed by atoms with Crippen LogP contribution in [0.4, 0.5) is 18.9 Å². The predicted octanol–water partition coefficient (Wildman–Crippen LogP) is 4.96. The van der Waals surface area contributed by atoms with Crippen LogP contribution in [0.5, 0.6) is 0 Å². The van der Waals surface area contributed by atoms with Gasteiger partial charge in [-0.15, -0.1) is 0 Å². The molecule has 0 radical (unpaired) electrons. The molecule has 0 atom stereocenters. The van der Waals surface area contributed by atoms with Crippen LogP contribution in [0.1, 0.15) is 23.0 Å². The highest BCUT2D eigenvalue weighted by Crippen LogP contribution is 2.36. The fraction of sp³-hybridized carbons (Fsp3) is 0.190. The van der Waals surface area contributed by atoms with Gasteiger partial charge in [0.15, 0.2) is 0 Å². The average Bonchev–Trinajstić information content (AvgIpc) is 2.75. The van der Waals surface area contributed by atoms with Gasteiger partial charge in [-0.3, -0.25) is 14.5 Å². The van der Waals surface area contributed by atoms with Gasteiger partial charge in [-0.25, -0.2) is 13.4 Å². The monoisotopic (exact) mass is 535 g/mol. The minimum Gasteiger partial charge on any atom is -0.390 e. The molecule has 1 aromatic heterocycles. The molecule has 182 valence electrons. The molecule has 0 aliphatic carbocycles. The molecule has 2 N–H and O–H groups in total. The Morgan fingerprint density at radius 2 is 1.94 bits per heavy atom. The van der Waals surface area contributed by atoms with Crippen LogP contribution in [-0.4, -0.2) is 43.7 Å². The number of anilines is 1. The standard InChI is InChI=1S/C21H18Cl2F3N3O4S/c1-4-11(2)18(17(10-30)27-3)20(31)19-16(7-12(22)9-28-19)29-34(32,33)13-5-6-15(23)14(8-13)21(24,25)26/h4-9,29-30H,1,10H2,2-3H3/b18-11+,27-17?. The highest BCUT2D eigenvalue weighted by atomic mass is 35.5. The number of Topliss-reactive ketones (excluding diaryl/α,β-unsaturated/α-hetero) is 1. The van der Waals surface area contributed by atoms with Gasteiger partial charge in [0.1, 0.15) is 5.69 Å². The summed E-state index contributed by atoms with van der Waals surface area (Å²) in [7, 11) is -3.30. The number of hydrogen-bond donors (Lipinski definition) is 2. The molecule has 0 spiro atoms. The number of pyridine rings is 1. The summed E-state index contributed by atoms with van der Waals surface area (Å²) in [5, 5.41) is 8.85. The Kier molecular flexibility index (Phi) is 8.65. The topological polar surface area (TPSA) is 109 Å². The number of alkyl halides is 3. The van der Waals surface area contributed by atoms with Gasteiger partial charge < -0.3 is 5.11 Å². The maximum Gasteiger partial charge on any atom is 0.417 e. The van der Waals surface area contributed by atoms with Crippen molar-refractivity contribution in [1.82, 2.24) is 4.98 Å². The van der Waals surface area contributed by atoms with E-state index in [1.165, 1.54) is 20.0 Å². The molecular formula is C21H18Cl2F3N3O4S. The molecule has 2 rings (SSSR count). The average molecular weight is 536 g/mol. The molecule has 0 saturated heterocycles. The summed E-state index contributed by atoms with van der Waals surface area (Å²) in [6, 6.07) is 3.11. The first-order valence-corrected chi connectivity index (χ1v) is 11.5. The van der Waals surface area contributed by atoms with Crippen molar-refractivity contribution in [3.8, 4) is 0 Å². The Bertz CT molecular complexity index is 1310. The van der Waals surface area contributed by atoms with Gasteiger partial charge in [0.2, 0.25) is 5.78 Å². The third-order valence-corrected chi connectivity index (χ3v) is 6.40. The smallest absolute Gasteiger partial charge is 0.390 e. The van der Waals surface area contributed by atoms with E-state index in [2.05, 4.69) is 21.3 Å². The number of aliphatic hydroxyl groups is 1. The number of sulfonamides is 1. The zero-order chi connectivity index (χ0) is 25.8. The predicted molar refractivity (Wildman–Crippen MR) is 124 cm³/mol. The number of aromatic nitrogens is 1. The van der Waals surface area contributed by atoms with E-state index in [-0.39, 0.29) is 16.3 Å². The number of carbonyl (C=O) groups is 1. The van der Waals surface area contributed by atoms with Crippen LogP contribution >= 0.6 is 23.2 Å². The van der Waals surface area contributed by atoms with Crippen LogP contribution in [0, 0.1) is 0 Å². The first-order chi connectivity index (χ1) is 15.8. The third kappa shape index (κ3) is 6.03. The Morgan fingerprint density at radius 3 is 2.47 bits per heavy atom. The molecule has 0 aliphatic rings. The second-order valence-electron chi connectivity index (χ2n) is 6.71. The fourth-order valence-electron chi connectivity index (χ4n) is 2.81. The summed E-state index contributed by atoms with van der Waals surface area (Å²) in [6.45, 7) is 4.49. The summed E-state index contributed by atoms with van der Waals surface area (Å²) >= 11 is 11.5. The zero-order valence-electron chi connectivity index (χ0n) is 17.7. The lowest BCUT2D eigenvalue weighted by atomic mass is 9.97. The molecule has 13 heteroatoms. The number of nitrogens with one attached hydrogen (secondary N) is 1. The van der Waals surface area contributed by atoms with E-state index >= 15 is 0 Å². The number of rotatable bonds is 8. The number of aliphatic imine (C=N–C) groups is 1. The molecule has 1 aromatic carbocycles. The number of aliphatic hydroxyl groups excluding tert-OH is 1. The summed E-state index contributed by atoms with van der Waals surface area (Å²) in [5.74, 6) is -0.825. The van der Waals surface area contributed by atoms with Gasteiger partial charge in [0, 0.05) is 13.2 Å². The van der Waals surface area contributed by atoms with Crippen molar-refractivity contribution in [2.75, 3.05) is 18.4 Å². The highest BCUT2D eigenvalue weighted by molar-refractivity contribution is 7.92. The second kappa shape index (κ2) is 10.7. The van der Waals surface area contributed by atoms with E-state index in [9.17, 15) is 31.5 Å². The van der Waals surface area contributed by atoms with Crippen LogP contribution in [0.15, 0.2) is 64.2 Å². The molecule has 0 fully saturated rings. The van der Waals surface area contributed by atoms with Crippen molar-refractivity contribution in [3.05, 3.63) is 75.6 Å². The number of carbonyl (C=O) groups excluding carboxylic acids is 1. The van der Waals surface area contributed by atoms with Gasteiger partial charge in [-0.1, -0.05) is 35.9 Å². The van der Waals surface area contributed by atoms with Crippen LogP contribution in [0.3, 0.4) is 0 Å². The normalized spacial score (nSPS) is 13.4. The Labute approximate surface area is 203 Å². The molecular weight excluding hydrogens is 518 g/mol. The molecule has 2 aromatic rings. The van der Waals surface area contributed by atoms with Gasteiger partial charge >= 0.3 is 6.18 Å². The lowest BCUT2D eigenvalue weighted by molar-refractivity contribution is -0.137. The molecule has 0 bridgehead atoms. The highest BCUT2D eigenvalue weighted by Gasteiger charge is 2.35. The molecule has 0 unspecified atom stereocenters. The van der Waals surface area contributed by atoms with Crippen LogP contribution < -0.4 is 4.72 Å². The van der Waals surface area contributed by atoms with Crippen molar-refractivity contribution in [2.45, 2.75) is 18.0 Å². The molecule has 1 heterocycles. The molecule has 0 amide bonds. The number of halogens is 5. The minimum atomic E-state index is -4.90. The number of benzene rings is 1. The zero-order valence-corrected chi connectivity index (χ0v) is 20.1. The van der Waals surface area contributed by atoms with Crippen LogP contribution in [0.25, 0.3) is 0 Å². The number of ketones is 1. The third-order valence-electron chi connectivity index (χ3n) is 4.50. The Balaban J connectivity index is 2.65. The second-order valence-corrected chi connectivity index (χ2v) is 9.24. The van der Waals surface area contributed by atoms with E-state index in [0.717, 1.165) is 24.4 Å². The number of allylic oxidation sites excluding steroid dienone is 2. The first kappa shape index (κ1) is 27.5. The Hall–Kier alpha value is -2.73. The molecule has 34 heavy (non-hydrogen) atoms. The summed E-state index contributed by atoms with van der Waals surface area (Å²) in [4.78, 5) is 20.3.